The molecule has 1 aromatic carbocycles. The Hall–Kier alpha value is -1.12. The first-order valence-corrected chi connectivity index (χ1v) is 2.75. The van der Waals surface area contributed by atoms with Crippen LogP contribution < -0.4 is 0 Å². The van der Waals surface area contributed by atoms with Crippen molar-refractivity contribution in [3.63, 3.8) is 0 Å². The van der Waals surface area contributed by atoms with Gasteiger partial charge in [0.1, 0.15) is 0 Å². The Morgan fingerprint density at radius 2 is 2.22 bits per heavy atom. The fraction of sp³-hybridized carbons (Fsp3) is 0. The molecule has 0 unspecified atom stereocenters. The van der Waals surface area contributed by atoms with Crippen molar-refractivity contribution in [1.82, 2.24) is 4.89 Å². The molecule has 0 fully saturated rings. The van der Waals surface area contributed by atoms with Crippen LogP contribution in [0.25, 0.3) is 11.1 Å². The zero-order valence-electron chi connectivity index (χ0n) is 4.74. The summed E-state index contributed by atoms with van der Waals surface area (Å²) < 4.78 is 5.01. The third kappa shape index (κ3) is 0.651. The van der Waals surface area contributed by atoms with Gasteiger partial charge in [-0.05, 0) is 0 Å². The summed E-state index contributed by atoms with van der Waals surface area (Å²) in [4.78, 5) is 3.95. The van der Waals surface area contributed by atoms with Crippen molar-refractivity contribution in [2.24, 2.45) is 0 Å². The molecular formula is C6H4BNO. The molecule has 0 bridgehead atoms. The third-order valence-electron chi connectivity index (χ3n) is 1.24. The number of aromatic nitrogens is 1. The van der Waals surface area contributed by atoms with Crippen molar-refractivity contribution in [3.8, 4) is 0 Å². The second-order valence-electron chi connectivity index (χ2n) is 1.82. The molecule has 2 aromatic rings. The molecule has 9 heavy (non-hydrogen) atoms. The zero-order chi connectivity index (χ0) is 6.10. The van der Waals surface area contributed by atoms with Crippen molar-refractivity contribution >= 4 is 18.4 Å². The summed E-state index contributed by atoms with van der Waals surface area (Å²) >= 11 is 0. The summed E-state index contributed by atoms with van der Waals surface area (Å²) in [5.41, 5.74) is 1.76. The molecule has 0 N–H and O–H groups in total. The van der Waals surface area contributed by atoms with Crippen LogP contribution >= 0.6 is 0 Å². The van der Waals surface area contributed by atoms with Crippen LogP contribution in [0, 0.1) is 0 Å². The fourth-order valence-electron chi connectivity index (χ4n) is 0.803. The number of rotatable bonds is 0. The molecule has 0 atom stereocenters. The first-order chi connectivity index (χ1) is 4.47. The quantitative estimate of drug-likeness (QED) is 0.517. The molecule has 42 valence electrons. The number of nitrogens with zero attached hydrogens (tertiary/aromatic N) is 1. The Labute approximate surface area is 52.8 Å². The predicted molar refractivity (Wildman–Crippen MR) is 35.4 cm³/mol. The molecule has 0 radical (unpaired) electrons. The van der Waals surface area contributed by atoms with E-state index in [2.05, 4.69) is 4.89 Å². The van der Waals surface area contributed by atoms with Gasteiger partial charge in [-0.3, -0.25) is 0 Å². The maximum absolute atomic E-state index is 5.01. The van der Waals surface area contributed by atoms with Crippen molar-refractivity contribution in [1.29, 1.82) is 0 Å². The van der Waals surface area contributed by atoms with Gasteiger partial charge in [0.15, 0.2) is 0 Å². The summed E-state index contributed by atoms with van der Waals surface area (Å²) in [5, 5.41) is 0. The van der Waals surface area contributed by atoms with E-state index in [9.17, 15) is 0 Å². The van der Waals surface area contributed by atoms with Crippen LogP contribution in [0.1, 0.15) is 0 Å². The third-order valence-corrected chi connectivity index (χ3v) is 1.24. The van der Waals surface area contributed by atoms with Gasteiger partial charge >= 0.3 is 51.9 Å². The van der Waals surface area contributed by atoms with Crippen LogP contribution in [0.2, 0.25) is 0 Å². The summed E-state index contributed by atoms with van der Waals surface area (Å²) in [6.07, 6.45) is 0. The zero-order valence-corrected chi connectivity index (χ0v) is 4.74. The Kier molecular flexibility index (Phi) is 0.888. The molecule has 0 aliphatic carbocycles. The van der Waals surface area contributed by atoms with Crippen molar-refractivity contribution in [3.05, 3.63) is 24.3 Å². The first-order valence-electron chi connectivity index (χ1n) is 2.75. The fourth-order valence-corrected chi connectivity index (χ4v) is 0.803. The summed E-state index contributed by atoms with van der Waals surface area (Å²) in [6.45, 7) is 0. The minimum atomic E-state index is 0.845. The molecular weight excluding hydrogens is 113 g/mol. The van der Waals surface area contributed by atoms with Crippen LogP contribution in [0.5, 0.6) is 0 Å². The van der Waals surface area contributed by atoms with Crippen LogP contribution in [0.15, 0.2) is 28.6 Å². The summed E-state index contributed by atoms with van der Waals surface area (Å²) in [6, 6.07) is 7.67. The van der Waals surface area contributed by atoms with Gasteiger partial charge in [0.05, 0.1) is 0 Å². The van der Waals surface area contributed by atoms with E-state index in [1.165, 1.54) is 7.27 Å². The number of fused-ring (bicyclic) bond motifs is 1. The molecule has 0 aliphatic rings. The summed E-state index contributed by atoms with van der Waals surface area (Å²) in [5.74, 6) is 0. The van der Waals surface area contributed by atoms with Gasteiger partial charge in [-0.25, -0.2) is 0 Å². The standard InChI is InChI=1S/C6H4BNO/c1-2-4-6-5(3-1)8-7-9-6/h1-4H. The van der Waals surface area contributed by atoms with E-state index in [1.807, 2.05) is 24.3 Å². The van der Waals surface area contributed by atoms with E-state index < -0.39 is 0 Å². The van der Waals surface area contributed by atoms with Crippen molar-refractivity contribution < 1.29 is 4.33 Å². The van der Waals surface area contributed by atoms with Gasteiger partial charge in [-0.2, -0.15) is 0 Å². The Bertz CT molecular complexity index is 287. The van der Waals surface area contributed by atoms with Gasteiger partial charge in [0.2, 0.25) is 0 Å². The summed E-state index contributed by atoms with van der Waals surface area (Å²) in [7, 11) is 1.45. The average molecular weight is 117 g/mol. The molecule has 2 nitrogen and oxygen atoms in total. The monoisotopic (exact) mass is 117 g/mol. The molecule has 1 heterocycles. The second kappa shape index (κ2) is 1.69. The van der Waals surface area contributed by atoms with Gasteiger partial charge in [0, 0.05) is 0 Å². The Morgan fingerprint density at radius 3 is 3.11 bits per heavy atom. The number of para-hydroxylation sites is 1. The average Bonchev–Trinajstić information content (AvgIpc) is 2.33. The number of hydrogen-bond donors (Lipinski definition) is 0. The van der Waals surface area contributed by atoms with E-state index in [-0.39, 0.29) is 0 Å². The molecule has 3 heteroatoms. The van der Waals surface area contributed by atoms with Gasteiger partial charge in [-0.1, -0.05) is 0 Å². The second-order valence-corrected chi connectivity index (χ2v) is 1.82. The maximum atomic E-state index is 5.01. The van der Waals surface area contributed by atoms with Crippen LogP contribution in [-0.4, -0.2) is 12.2 Å². The Morgan fingerprint density at radius 1 is 1.33 bits per heavy atom. The number of hydrogen-bond acceptors (Lipinski definition) is 2. The van der Waals surface area contributed by atoms with Crippen molar-refractivity contribution in [2.45, 2.75) is 0 Å². The van der Waals surface area contributed by atoms with E-state index in [4.69, 9.17) is 4.33 Å². The molecule has 0 saturated heterocycles. The molecule has 2 rings (SSSR count). The van der Waals surface area contributed by atoms with Crippen LogP contribution in [0.3, 0.4) is 0 Å². The Balaban J connectivity index is 2.95. The van der Waals surface area contributed by atoms with E-state index in [0.717, 1.165) is 11.1 Å². The normalized spacial score (nSPS) is 9.78. The molecule has 0 saturated carbocycles. The number of benzene rings is 1. The topological polar surface area (TPSA) is 26.0 Å². The van der Waals surface area contributed by atoms with Crippen LogP contribution in [0.4, 0.5) is 0 Å². The van der Waals surface area contributed by atoms with E-state index in [1.54, 1.807) is 0 Å². The van der Waals surface area contributed by atoms with Gasteiger partial charge < -0.3 is 0 Å². The van der Waals surface area contributed by atoms with Crippen molar-refractivity contribution in [2.75, 3.05) is 0 Å². The molecule has 0 aliphatic heterocycles. The molecule has 0 amide bonds. The SMILES string of the molecule is b1nc2ccccc2o1. The first kappa shape index (κ1) is 4.73. The van der Waals surface area contributed by atoms with Gasteiger partial charge in [0.25, 0.3) is 0 Å². The predicted octanol–water partition coefficient (Wildman–Crippen LogP) is 1.17. The van der Waals surface area contributed by atoms with E-state index in [0.29, 0.717) is 0 Å². The molecule has 1 aromatic heterocycles. The van der Waals surface area contributed by atoms with Gasteiger partial charge in [-0.15, -0.1) is 0 Å². The van der Waals surface area contributed by atoms with E-state index >= 15 is 0 Å². The molecule has 0 spiro atoms. The minimum absolute atomic E-state index is 0.845. The van der Waals surface area contributed by atoms with Crippen LogP contribution in [-0.2, 0) is 0 Å².